The Morgan fingerprint density at radius 1 is 1.71 bits per heavy atom. The van der Waals surface area contributed by atoms with Crippen molar-refractivity contribution in [3.8, 4) is 0 Å². The molecule has 1 unspecified atom stereocenters. The van der Waals surface area contributed by atoms with Gasteiger partial charge in [-0.25, -0.2) is 0 Å². The molecule has 1 nitrogen and oxygen atoms in total. The highest BCUT2D eigenvalue weighted by Crippen LogP contribution is 2.35. The Hall–Kier alpha value is -0.460. The van der Waals surface area contributed by atoms with Gasteiger partial charge in [0.05, 0.1) is 0 Å². The lowest BCUT2D eigenvalue weighted by molar-refractivity contribution is 0.414. The van der Waals surface area contributed by atoms with E-state index in [4.69, 9.17) is 4.74 Å². The van der Waals surface area contributed by atoms with Crippen molar-refractivity contribution < 1.29 is 4.74 Å². The molecule has 38 valence electrons. The van der Waals surface area contributed by atoms with Gasteiger partial charge in [0.1, 0.15) is 5.76 Å². The summed E-state index contributed by atoms with van der Waals surface area (Å²) in [6.07, 6.45) is 6.61. The first-order chi connectivity index (χ1) is 3.47. The van der Waals surface area contributed by atoms with E-state index in [1.54, 1.807) is 0 Å². The van der Waals surface area contributed by atoms with Gasteiger partial charge in [0.15, 0.2) is 6.10 Å². The van der Waals surface area contributed by atoms with E-state index in [9.17, 15) is 0 Å². The van der Waals surface area contributed by atoms with Crippen molar-refractivity contribution in [3.63, 3.8) is 0 Å². The molecule has 0 radical (unpaired) electrons. The van der Waals surface area contributed by atoms with Crippen molar-refractivity contribution >= 4 is 0 Å². The van der Waals surface area contributed by atoms with Crippen LogP contribution in [0.25, 0.3) is 0 Å². The van der Waals surface area contributed by atoms with Crippen molar-refractivity contribution in [2.24, 2.45) is 0 Å². The molecule has 7 heavy (non-hydrogen) atoms. The normalized spacial score (nSPS) is 35.4. The zero-order valence-corrected chi connectivity index (χ0v) is 4.18. The molecule has 1 aliphatic heterocycles. The summed E-state index contributed by atoms with van der Waals surface area (Å²) in [5, 5.41) is 0. The Labute approximate surface area is 43.0 Å². The van der Waals surface area contributed by atoms with E-state index in [0.717, 1.165) is 0 Å². The van der Waals surface area contributed by atoms with Gasteiger partial charge in [-0.3, -0.25) is 0 Å². The van der Waals surface area contributed by atoms with E-state index in [-0.39, 0.29) is 0 Å². The molecule has 0 aromatic heterocycles. The van der Waals surface area contributed by atoms with Gasteiger partial charge in [0, 0.05) is 0 Å². The summed E-state index contributed by atoms with van der Waals surface area (Å²) in [6.45, 7) is 0. The Morgan fingerprint density at radius 2 is 2.71 bits per heavy atom. The first-order valence-corrected chi connectivity index (χ1v) is 2.83. The molecule has 1 atom stereocenters. The van der Waals surface area contributed by atoms with Crippen molar-refractivity contribution in [1.29, 1.82) is 0 Å². The van der Waals surface area contributed by atoms with Crippen molar-refractivity contribution in [2.45, 2.75) is 25.4 Å². The number of rotatable bonds is 0. The van der Waals surface area contributed by atoms with Crippen molar-refractivity contribution in [2.75, 3.05) is 0 Å². The molecule has 1 fully saturated rings. The smallest absolute Gasteiger partial charge is 0.155 e. The van der Waals surface area contributed by atoms with Crippen LogP contribution in [0.1, 0.15) is 19.3 Å². The highest BCUT2D eigenvalue weighted by molar-refractivity contribution is 5.15. The molecule has 0 bridgehead atoms. The molecule has 2 aliphatic rings. The van der Waals surface area contributed by atoms with Crippen LogP contribution >= 0.6 is 0 Å². The molecule has 1 aliphatic carbocycles. The molecule has 0 amide bonds. The number of ether oxygens (including phenoxy) is 1. The van der Waals surface area contributed by atoms with Crippen LogP contribution in [-0.4, -0.2) is 6.10 Å². The molecule has 1 heteroatoms. The largest absolute Gasteiger partial charge is 0.483 e. The summed E-state index contributed by atoms with van der Waals surface area (Å²) >= 11 is 0. The maximum absolute atomic E-state index is 5.14. The minimum Gasteiger partial charge on any atom is -0.483 e. The van der Waals surface area contributed by atoms with Crippen LogP contribution in [0, 0.1) is 0 Å². The zero-order chi connectivity index (χ0) is 4.69. The molecule has 0 saturated carbocycles. The van der Waals surface area contributed by atoms with Crippen molar-refractivity contribution in [3.05, 3.63) is 11.8 Å². The van der Waals surface area contributed by atoms with Crippen molar-refractivity contribution in [1.82, 2.24) is 0 Å². The standard InChI is InChI=1S/C6H8O/c1-2-4-6-5(3-1)7-6/h3,6H,1-2,4H2. The lowest BCUT2D eigenvalue weighted by Gasteiger charge is -1.91. The first kappa shape index (κ1) is 3.53. The van der Waals surface area contributed by atoms with Gasteiger partial charge in [-0.2, -0.15) is 0 Å². The maximum Gasteiger partial charge on any atom is 0.155 e. The van der Waals surface area contributed by atoms with Gasteiger partial charge in [-0.1, -0.05) is 0 Å². The Kier molecular flexibility index (Phi) is 0.518. The Bertz CT molecular complexity index is 115. The SMILES string of the molecule is C1=C2OC2CCC1. The lowest BCUT2D eigenvalue weighted by atomic mass is 10.1. The van der Waals surface area contributed by atoms with Gasteiger partial charge >= 0.3 is 0 Å². The second-order valence-corrected chi connectivity index (χ2v) is 2.14. The molecular weight excluding hydrogens is 88.1 g/mol. The fourth-order valence-corrected chi connectivity index (χ4v) is 1.06. The minimum atomic E-state index is 0.564. The van der Waals surface area contributed by atoms with Gasteiger partial charge in [0.2, 0.25) is 0 Å². The maximum atomic E-state index is 5.14. The van der Waals surface area contributed by atoms with Crippen LogP contribution in [0.15, 0.2) is 11.8 Å². The highest BCUT2D eigenvalue weighted by atomic mass is 16.6. The average molecular weight is 96.1 g/mol. The van der Waals surface area contributed by atoms with Crippen LogP contribution in [0.4, 0.5) is 0 Å². The lowest BCUT2D eigenvalue weighted by Crippen LogP contribution is -1.86. The molecule has 0 aromatic carbocycles. The van der Waals surface area contributed by atoms with E-state index in [1.807, 2.05) is 0 Å². The van der Waals surface area contributed by atoms with Gasteiger partial charge in [0.25, 0.3) is 0 Å². The van der Waals surface area contributed by atoms with Crippen LogP contribution in [0.3, 0.4) is 0 Å². The fraction of sp³-hybridized carbons (Fsp3) is 0.667. The van der Waals surface area contributed by atoms with E-state index in [0.29, 0.717) is 6.10 Å². The summed E-state index contributed by atoms with van der Waals surface area (Å²) in [5.74, 6) is 1.26. The number of hydrogen-bond donors (Lipinski definition) is 0. The van der Waals surface area contributed by atoms with Gasteiger partial charge in [-0.05, 0) is 25.3 Å². The Morgan fingerprint density at radius 3 is 3.29 bits per heavy atom. The van der Waals surface area contributed by atoms with Gasteiger partial charge in [-0.15, -0.1) is 0 Å². The predicted octanol–water partition coefficient (Wildman–Crippen LogP) is 1.45. The molecular formula is C6H8O. The third-order valence-electron chi connectivity index (χ3n) is 1.55. The number of epoxide rings is 1. The molecule has 1 heterocycles. The summed E-state index contributed by atoms with van der Waals surface area (Å²) in [5.41, 5.74) is 0. The summed E-state index contributed by atoms with van der Waals surface area (Å²) in [7, 11) is 0. The van der Waals surface area contributed by atoms with Gasteiger partial charge < -0.3 is 4.74 Å². The van der Waals surface area contributed by atoms with Crippen LogP contribution in [-0.2, 0) is 4.74 Å². The van der Waals surface area contributed by atoms with Crippen LogP contribution in [0.2, 0.25) is 0 Å². The third-order valence-corrected chi connectivity index (χ3v) is 1.55. The Balaban J connectivity index is 2.19. The van der Waals surface area contributed by atoms with E-state index in [1.165, 1.54) is 25.0 Å². The summed E-state index contributed by atoms with van der Waals surface area (Å²) in [6, 6.07) is 0. The quantitative estimate of drug-likeness (QED) is 0.416. The van der Waals surface area contributed by atoms with E-state index in [2.05, 4.69) is 6.08 Å². The first-order valence-electron chi connectivity index (χ1n) is 2.83. The molecule has 0 N–H and O–H groups in total. The third kappa shape index (κ3) is 0.441. The van der Waals surface area contributed by atoms with Crippen LogP contribution in [0.5, 0.6) is 0 Å². The number of hydrogen-bond acceptors (Lipinski definition) is 1. The van der Waals surface area contributed by atoms with Crippen LogP contribution < -0.4 is 0 Å². The molecule has 0 aromatic rings. The average Bonchev–Trinajstić information content (AvgIpc) is 2.41. The second kappa shape index (κ2) is 1.03. The number of fused-ring (bicyclic) bond motifs is 1. The predicted molar refractivity (Wildman–Crippen MR) is 26.8 cm³/mol. The topological polar surface area (TPSA) is 12.5 Å². The molecule has 2 rings (SSSR count). The summed E-state index contributed by atoms with van der Waals surface area (Å²) < 4.78 is 5.14. The van der Waals surface area contributed by atoms with E-state index < -0.39 is 0 Å². The fourth-order valence-electron chi connectivity index (χ4n) is 1.06. The monoisotopic (exact) mass is 96.1 g/mol. The minimum absolute atomic E-state index is 0.564. The second-order valence-electron chi connectivity index (χ2n) is 2.14. The molecule has 1 saturated heterocycles. The highest BCUT2D eigenvalue weighted by Gasteiger charge is 2.33. The summed E-state index contributed by atoms with van der Waals surface area (Å²) in [4.78, 5) is 0. The number of allylic oxidation sites excluding steroid dienone is 1. The van der Waals surface area contributed by atoms with E-state index >= 15 is 0 Å². The molecule has 0 spiro atoms. The zero-order valence-electron chi connectivity index (χ0n) is 4.18.